The molecule has 0 atom stereocenters. The molecule has 0 amide bonds. The predicted octanol–water partition coefficient (Wildman–Crippen LogP) is 5.35. The average molecular weight is 320 g/mol. The maximum atomic E-state index is 11.1. The zero-order valence-corrected chi connectivity index (χ0v) is 15.0. The Bertz CT molecular complexity index is 454. The normalized spacial score (nSPS) is 10.6. The van der Waals surface area contributed by atoms with Crippen LogP contribution in [-0.2, 0) is 11.2 Å². The van der Waals surface area contributed by atoms with Gasteiger partial charge in [0.2, 0.25) is 0 Å². The minimum absolute atomic E-state index is 0.211. The molecule has 0 heterocycles. The van der Waals surface area contributed by atoms with E-state index in [4.69, 9.17) is 9.47 Å². The fourth-order valence-electron chi connectivity index (χ4n) is 2.55. The second-order valence-electron chi connectivity index (χ2n) is 6.16. The number of carbonyl (C=O) groups excluding carboxylic acids is 1. The Balaban J connectivity index is 2.31. The number of benzene rings is 1. The number of carbonyl (C=O) groups is 1. The second-order valence-corrected chi connectivity index (χ2v) is 6.16. The molecule has 0 unspecified atom stereocenters. The molecule has 0 fully saturated rings. The first-order chi connectivity index (χ1) is 11.2. The quantitative estimate of drug-likeness (QED) is 0.460. The van der Waals surface area contributed by atoms with Crippen molar-refractivity contribution in [2.75, 3.05) is 13.7 Å². The topological polar surface area (TPSA) is 35.5 Å². The lowest BCUT2D eigenvalue weighted by molar-refractivity contribution is -0.116. The number of ether oxygens (including phenoxy) is 2. The lowest BCUT2D eigenvalue weighted by Gasteiger charge is -2.12. The summed E-state index contributed by atoms with van der Waals surface area (Å²) in [6.45, 7) is 4.60. The Labute approximate surface area is 141 Å². The molecule has 0 aliphatic carbocycles. The van der Waals surface area contributed by atoms with E-state index in [2.05, 4.69) is 6.92 Å². The Hall–Kier alpha value is -1.51. The minimum atomic E-state index is 0.211. The van der Waals surface area contributed by atoms with Crippen molar-refractivity contribution in [2.45, 2.75) is 71.6 Å². The van der Waals surface area contributed by atoms with Crippen LogP contribution in [0.4, 0.5) is 0 Å². The zero-order valence-electron chi connectivity index (χ0n) is 15.0. The van der Waals surface area contributed by atoms with E-state index >= 15 is 0 Å². The van der Waals surface area contributed by atoms with Gasteiger partial charge in [0.25, 0.3) is 0 Å². The number of hydrogen-bond donors (Lipinski definition) is 0. The molecule has 1 aromatic carbocycles. The van der Waals surface area contributed by atoms with Crippen LogP contribution in [0.5, 0.6) is 11.5 Å². The summed E-state index contributed by atoms with van der Waals surface area (Å²) < 4.78 is 11.2. The molecule has 1 rings (SSSR count). The molecule has 0 radical (unpaired) electrons. The van der Waals surface area contributed by atoms with Crippen molar-refractivity contribution in [1.29, 1.82) is 0 Å². The molecule has 0 saturated heterocycles. The van der Waals surface area contributed by atoms with E-state index in [1.54, 1.807) is 14.0 Å². The third-order valence-corrected chi connectivity index (χ3v) is 4.00. The van der Waals surface area contributed by atoms with Gasteiger partial charge in [-0.2, -0.15) is 0 Å². The van der Waals surface area contributed by atoms with Gasteiger partial charge in [-0.15, -0.1) is 0 Å². The predicted molar refractivity (Wildman–Crippen MR) is 95.5 cm³/mol. The highest BCUT2D eigenvalue weighted by Crippen LogP contribution is 2.28. The van der Waals surface area contributed by atoms with Gasteiger partial charge in [0, 0.05) is 6.42 Å². The molecular weight excluding hydrogens is 288 g/mol. The first-order valence-corrected chi connectivity index (χ1v) is 8.96. The summed E-state index contributed by atoms with van der Waals surface area (Å²) in [5.41, 5.74) is 1.11. The van der Waals surface area contributed by atoms with Gasteiger partial charge in [0.05, 0.1) is 13.7 Å². The summed E-state index contributed by atoms with van der Waals surface area (Å²) in [5, 5.41) is 0. The average Bonchev–Trinajstić information content (AvgIpc) is 2.55. The Kier molecular flexibility index (Phi) is 10.2. The van der Waals surface area contributed by atoms with Gasteiger partial charge in [-0.05, 0) is 37.5 Å². The smallest absolute Gasteiger partial charge is 0.161 e. The van der Waals surface area contributed by atoms with Crippen LogP contribution in [0.1, 0.15) is 70.8 Å². The molecule has 1 aromatic rings. The zero-order chi connectivity index (χ0) is 16.9. The minimum Gasteiger partial charge on any atom is -0.493 e. The fourth-order valence-corrected chi connectivity index (χ4v) is 2.55. The Morgan fingerprint density at radius 3 is 2.35 bits per heavy atom. The summed E-state index contributed by atoms with van der Waals surface area (Å²) in [6.07, 6.45) is 10.3. The molecule has 0 spiro atoms. The number of hydrogen-bond acceptors (Lipinski definition) is 3. The van der Waals surface area contributed by atoms with Crippen molar-refractivity contribution in [3.05, 3.63) is 23.8 Å². The van der Waals surface area contributed by atoms with Gasteiger partial charge < -0.3 is 14.3 Å². The van der Waals surface area contributed by atoms with E-state index in [1.807, 2.05) is 18.2 Å². The molecule has 3 heteroatoms. The van der Waals surface area contributed by atoms with Crippen LogP contribution >= 0.6 is 0 Å². The third-order valence-electron chi connectivity index (χ3n) is 4.00. The number of methoxy groups -OCH3 is 1. The van der Waals surface area contributed by atoms with E-state index in [9.17, 15) is 4.79 Å². The molecule has 0 aromatic heterocycles. The Morgan fingerprint density at radius 2 is 1.70 bits per heavy atom. The second kappa shape index (κ2) is 12.0. The SMILES string of the molecule is CCCCCCCCCOc1ccc(CCC(C)=O)cc1OC. The maximum absolute atomic E-state index is 11.1. The number of Topliss-reactive ketones (excluding diaryl/α,β-unsaturated/α-hetero) is 1. The van der Waals surface area contributed by atoms with Crippen molar-refractivity contribution < 1.29 is 14.3 Å². The van der Waals surface area contributed by atoms with Gasteiger partial charge in [-0.1, -0.05) is 51.5 Å². The third kappa shape index (κ3) is 8.63. The van der Waals surface area contributed by atoms with Gasteiger partial charge in [-0.25, -0.2) is 0 Å². The van der Waals surface area contributed by atoms with Crippen LogP contribution in [-0.4, -0.2) is 19.5 Å². The van der Waals surface area contributed by atoms with Gasteiger partial charge in [-0.3, -0.25) is 0 Å². The fraction of sp³-hybridized carbons (Fsp3) is 0.650. The summed E-state index contributed by atoms with van der Waals surface area (Å²) >= 11 is 0. The van der Waals surface area contributed by atoms with Crippen LogP contribution in [0.2, 0.25) is 0 Å². The van der Waals surface area contributed by atoms with E-state index in [-0.39, 0.29) is 5.78 Å². The van der Waals surface area contributed by atoms with Crippen molar-refractivity contribution in [3.63, 3.8) is 0 Å². The molecule has 0 aliphatic heterocycles. The summed E-state index contributed by atoms with van der Waals surface area (Å²) in [6, 6.07) is 5.95. The lowest BCUT2D eigenvalue weighted by atomic mass is 10.1. The highest BCUT2D eigenvalue weighted by Gasteiger charge is 2.06. The Morgan fingerprint density at radius 1 is 1.00 bits per heavy atom. The molecule has 130 valence electrons. The van der Waals surface area contributed by atoms with Crippen LogP contribution in [0.3, 0.4) is 0 Å². The number of unbranched alkanes of at least 4 members (excludes halogenated alkanes) is 6. The van der Waals surface area contributed by atoms with Crippen LogP contribution in [0, 0.1) is 0 Å². The number of aryl methyl sites for hydroxylation is 1. The van der Waals surface area contributed by atoms with E-state index in [0.29, 0.717) is 6.42 Å². The standard InChI is InChI=1S/C20H32O3/c1-4-5-6-7-8-9-10-15-23-19-14-13-18(12-11-17(2)21)16-20(19)22-3/h13-14,16H,4-12,15H2,1-3H3. The van der Waals surface area contributed by atoms with E-state index in [1.165, 1.54) is 38.5 Å². The molecule has 0 aliphatic rings. The monoisotopic (exact) mass is 320 g/mol. The van der Waals surface area contributed by atoms with Crippen molar-refractivity contribution >= 4 is 5.78 Å². The molecule has 23 heavy (non-hydrogen) atoms. The maximum Gasteiger partial charge on any atom is 0.161 e. The van der Waals surface area contributed by atoms with E-state index in [0.717, 1.165) is 36.5 Å². The molecule has 3 nitrogen and oxygen atoms in total. The number of ketones is 1. The molecule has 0 saturated carbocycles. The van der Waals surface area contributed by atoms with Crippen molar-refractivity contribution in [1.82, 2.24) is 0 Å². The van der Waals surface area contributed by atoms with Crippen LogP contribution in [0.25, 0.3) is 0 Å². The molecule has 0 bridgehead atoms. The summed E-state index contributed by atoms with van der Waals surface area (Å²) in [4.78, 5) is 11.1. The van der Waals surface area contributed by atoms with Gasteiger partial charge in [0.15, 0.2) is 11.5 Å². The molecular formula is C20H32O3. The first kappa shape index (κ1) is 19.5. The molecule has 0 N–H and O–H groups in total. The largest absolute Gasteiger partial charge is 0.493 e. The van der Waals surface area contributed by atoms with Gasteiger partial charge >= 0.3 is 0 Å². The number of rotatable bonds is 13. The first-order valence-electron chi connectivity index (χ1n) is 8.96. The van der Waals surface area contributed by atoms with E-state index < -0.39 is 0 Å². The van der Waals surface area contributed by atoms with Crippen molar-refractivity contribution in [2.24, 2.45) is 0 Å². The highest BCUT2D eigenvalue weighted by atomic mass is 16.5. The van der Waals surface area contributed by atoms with Crippen molar-refractivity contribution in [3.8, 4) is 11.5 Å². The highest BCUT2D eigenvalue weighted by molar-refractivity contribution is 5.75. The summed E-state index contributed by atoms with van der Waals surface area (Å²) in [7, 11) is 1.66. The lowest BCUT2D eigenvalue weighted by Crippen LogP contribution is -2.01. The van der Waals surface area contributed by atoms with Crippen LogP contribution < -0.4 is 9.47 Å². The van der Waals surface area contributed by atoms with Gasteiger partial charge in [0.1, 0.15) is 5.78 Å². The summed E-state index contributed by atoms with van der Waals surface area (Å²) in [5.74, 6) is 1.77. The van der Waals surface area contributed by atoms with Crippen LogP contribution in [0.15, 0.2) is 18.2 Å².